The molecule has 4 rings (SSSR count). The second kappa shape index (κ2) is 4.08. The summed E-state index contributed by atoms with van der Waals surface area (Å²) >= 11 is 0. The van der Waals surface area contributed by atoms with Crippen LogP contribution in [0.5, 0.6) is 0 Å². The van der Waals surface area contributed by atoms with Crippen LogP contribution in [-0.4, -0.2) is 23.0 Å². The summed E-state index contributed by atoms with van der Waals surface area (Å²) in [5.74, 6) is 1.26. The van der Waals surface area contributed by atoms with Crippen molar-refractivity contribution in [2.24, 2.45) is 0 Å². The number of hydrogen-bond acceptors (Lipinski definition) is 3. The molecule has 1 aromatic carbocycles. The lowest BCUT2D eigenvalue weighted by Crippen LogP contribution is -2.03. The molecule has 0 radical (unpaired) electrons. The van der Waals surface area contributed by atoms with Crippen LogP contribution in [0.25, 0.3) is 11.0 Å². The van der Waals surface area contributed by atoms with Crippen molar-refractivity contribution in [2.45, 2.75) is 44.4 Å². The van der Waals surface area contributed by atoms with Crippen LogP contribution in [0, 0.1) is 6.92 Å². The summed E-state index contributed by atoms with van der Waals surface area (Å²) in [6.45, 7) is 2.22. The molecule has 104 valence electrons. The number of esters is 1. The summed E-state index contributed by atoms with van der Waals surface area (Å²) in [6.07, 6.45) is 5.05. The van der Waals surface area contributed by atoms with E-state index < -0.39 is 5.97 Å². The Labute approximate surface area is 117 Å². The summed E-state index contributed by atoms with van der Waals surface area (Å²) in [5.41, 5.74) is 6.15. The van der Waals surface area contributed by atoms with Crippen LogP contribution < -0.4 is 0 Å². The van der Waals surface area contributed by atoms with Gasteiger partial charge in [-0.3, -0.25) is 0 Å². The summed E-state index contributed by atoms with van der Waals surface area (Å²) in [5, 5.41) is 0. The number of rotatable bonds is 3. The van der Waals surface area contributed by atoms with Gasteiger partial charge in [0, 0.05) is 0 Å². The molecule has 0 amide bonds. The first-order chi connectivity index (χ1) is 9.69. The maximum absolute atomic E-state index is 11.7. The van der Waals surface area contributed by atoms with Crippen molar-refractivity contribution < 1.29 is 9.53 Å². The van der Waals surface area contributed by atoms with Gasteiger partial charge in [-0.25, -0.2) is 9.78 Å². The Balaban J connectivity index is 1.95. The zero-order chi connectivity index (χ0) is 13.9. The third-order valence-electron chi connectivity index (χ3n) is 4.51. The average molecular weight is 270 g/mol. The van der Waals surface area contributed by atoms with Crippen molar-refractivity contribution >= 4 is 17.0 Å². The van der Waals surface area contributed by atoms with E-state index in [-0.39, 0.29) is 0 Å². The zero-order valence-electron chi connectivity index (χ0n) is 11.8. The van der Waals surface area contributed by atoms with Gasteiger partial charge in [-0.1, -0.05) is 0 Å². The molecule has 2 fully saturated rings. The van der Waals surface area contributed by atoms with Crippen molar-refractivity contribution in [1.82, 2.24) is 9.97 Å². The second-order valence-electron chi connectivity index (χ2n) is 6.03. The van der Waals surface area contributed by atoms with Crippen LogP contribution in [0.4, 0.5) is 0 Å². The summed E-state index contributed by atoms with van der Waals surface area (Å²) < 4.78 is 4.77. The molecule has 20 heavy (non-hydrogen) atoms. The summed E-state index contributed by atoms with van der Waals surface area (Å²) in [4.78, 5) is 19.3. The summed E-state index contributed by atoms with van der Waals surface area (Å²) in [6, 6.07) is 2.19. The second-order valence-corrected chi connectivity index (χ2v) is 6.03. The van der Waals surface area contributed by atoms with Gasteiger partial charge in [-0.2, -0.15) is 0 Å². The van der Waals surface area contributed by atoms with E-state index in [1.165, 1.54) is 49.5 Å². The number of H-pyrrole nitrogens is 1. The van der Waals surface area contributed by atoms with Gasteiger partial charge in [0.15, 0.2) is 0 Å². The maximum Gasteiger partial charge on any atom is 0.374 e. The number of aromatic amines is 1. The predicted molar refractivity (Wildman–Crippen MR) is 76.1 cm³/mol. The lowest BCUT2D eigenvalue weighted by atomic mass is 9.94. The Morgan fingerprint density at radius 3 is 2.60 bits per heavy atom. The number of methoxy groups -OCH3 is 1. The van der Waals surface area contributed by atoms with E-state index >= 15 is 0 Å². The number of carbonyl (C=O) groups is 1. The predicted octanol–water partition coefficient (Wildman–Crippen LogP) is 3.41. The molecule has 0 atom stereocenters. The van der Waals surface area contributed by atoms with Crippen LogP contribution in [-0.2, 0) is 4.74 Å². The van der Waals surface area contributed by atoms with Gasteiger partial charge in [0.25, 0.3) is 0 Å². The van der Waals surface area contributed by atoms with Gasteiger partial charge < -0.3 is 9.72 Å². The van der Waals surface area contributed by atoms with E-state index in [2.05, 4.69) is 23.0 Å². The Kier molecular flexibility index (Phi) is 2.43. The van der Waals surface area contributed by atoms with Crippen molar-refractivity contribution in [3.8, 4) is 0 Å². The number of benzene rings is 1. The quantitative estimate of drug-likeness (QED) is 0.869. The van der Waals surface area contributed by atoms with E-state index in [0.717, 1.165) is 11.0 Å². The number of ether oxygens (including phenoxy) is 1. The highest BCUT2D eigenvalue weighted by atomic mass is 16.5. The molecular weight excluding hydrogens is 252 g/mol. The first-order valence-electron chi connectivity index (χ1n) is 7.30. The van der Waals surface area contributed by atoms with E-state index in [0.29, 0.717) is 17.7 Å². The standard InChI is InChI=1S/C16H18N2O2/c1-8-11(9-3-4-9)7-12-14(13(8)10-5-6-10)18-15(17-12)16(19)20-2/h7,9-10H,3-6H2,1-2H3,(H,17,18). The number of carbonyl (C=O) groups excluding carboxylic acids is 1. The summed E-state index contributed by atoms with van der Waals surface area (Å²) in [7, 11) is 1.39. The number of hydrogen-bond donors (Lipinski definition) is 1. The Morgan fingerprint density at radius 1 is 1.30 bits per heavy atom. The van der Waals surface area contributed by atoms with E-state index in [9.17, 15) is 4.79 Å². The van der Waals surface area contributed by atoms with Crippen LogP contribution in [0.1, 0.15) is 64.8 Å². The lowest BCUT2D eigenvalue weighted by molar-refractivity contribution is 0.0588. The third-order valence-corrected chi connectivity index (χ3v) is 4.51. The van der Waals surface area contributed by atoms with Gasteiger partial charge in [0.1, 0.15) is 0 Å². The van der Waals surface area contributed by atoms with Crippen molar-refractivity contribution in [2.75, 3.05) is 7.11 Å². The lowest BCUT2D eigenvalue weighted by Gasteiger charge is -2.11. The van der Waals surface area contributed by atoms with Gasteiger partial charge in [0.2, 0.25) is 5.82 Å². The molecule has 2 saturated carbocycles. The van der Waals surface area contributed by atoms with Crippen molar-refractivity contribution in [3.05, 3.63) is 28.6 Å². The molecule has 4 heteroatoms. The minimum Gasteiger partial charge on any atom is -0.463 e. The minimum atomic E-state index is -0.395. The average Bonchev–Trinajstić information content (AvgIpc) is 3.34. The van der Waals surface area contributed by atoms with E-state index in [1.807, 2.05) is 0 Å². The molecule has 0 unspecified atom stereocenters. The first-order valence-corrected chi connectivity index (χ1v) is 7.30. The molecule has 2 aliphatic carbocycles. The highest BCUT2D eigenvalue weighted by molar-refractivity contribution is 5.92. The van der Waals surface area contributed by atoms with Gasteiger partial charge in [0.05, 0.1) is 18.1 Å². The highest BCUT2D eigenvalue weighted by Gasteiger charge is 2.33. The Morgan fingerprint density at radius 2 is 2.00 bits per heavy atom. The highest BCUT2D eigenvalue weighted by Crippen LogP contribution is 2.49. The number of fused-ring (bicyclic) bond motifs is 1. The van der Waals surface area contributed by atoms with Gasteiger partial charge in [-0.15, -0.1) is 0 Å². The monoisotopic (exact) mass is 270 g/mol. The normalized spacial score (nSPS) is 18.5. The largest absolute Gasteiger partial charge is 0.463 e. The number of nitrogens with zero attached hydrogens (tertiary/aromatic N) is 1. The van der Waals surface area contributed by atoms with E-state index in [4.69, 9.17) is 4.74 Å². The Hall–Kier alpha value is -1.84. The molecule has 1 N–H and O–H groups in total. The number of imidazole rings is 1. The van der Waals surface area contributed by atoms with Crippen LogP contribution in [0.3, 0.4) is 0 Å². The molecule has 1 aromatic heterocycles. The third kappa shape index (κ3) is 1.74. The molecule has 0 aliphatic heterocycles. The van der Waals surface area contributed by atoms with Crippen LogP contribution >= 0.6 is 0 Å². The molecule has 0 spiro atoms. The fraction of sp³-hybridized carbons (Fsp3) is 0.500. The molecule has 1 heterocycles. The van der Waals surface area contributed by atoms with Crippen molar-refractivity contribution in [3.63, 3.8) is 0 Å². The number of aromatic nitrogens is 2. The molecule has 2 aromatic rings. The SMILES string of the molecule is COC(=O)c1nc2c(C3CC3)c(C)c(C3CC3)cc2[nH]1. The first kappa shape index (κ1) is 11.9. The van der Waals surface area contributed by atoms with Gasteiger partial charge in [-0.05, 0) is 67.2 Å². The fourth-order valence-electron chi connectivity index (χ4n) is 3.18. The Bertz CT molecular complexity index is 709. The smallest absolute Gasteiger partial charge is 0.374 e. The zero-order valence-corrected chi connectivity index (χ0v) is 11.8. The van der Waals surface area contributed by atoms with Crippen molar-refractivity contribution in [1.29, 1.82) is 0 Å². The topological polar surface area (TPSA) is 55.0 Å². The molecule has 2 aliphatic rings. The molecule has 0 saturated heterocycles. The minimum absolute atomic E-state index is 0.316. The fourth-order valence-corrected chi connectivity index (χ4v) is 3.18. The molecular formula is C16H18N2O2. The molecule has 0 bridgehead atoms. The van der Waals surface area contributed by atoms with E-state index in [1.54, 1.807) is 0 Å². The maximum atomic E-state index is 11.7. The van der Waals surface area contributed by atoms with Crippen LogP contribution in [0.15, 0.2) is 6.07 Å². The molecule has 4 nitrogen and oxygen atoms in total. The van der Waals surface area contributed by atoms with Crippen LogP contribution in [0.2, 0.25) is 0 Å². The number of nitrogens with one attached hydrogen (secondary N) is 1. The van der Waals surface area contributed by atoms with Gasteiger partial charge >= 0.3 is 5.97 Å².